The van der Waals surface area contributed by atoms with Gasteiger partial charge in [0.15, 0.2) is 0 Å². The monoisotopic (exact) mass is 263 g/mol. The molecule has 0 atom stereocenters. The van der Waals surface area contributed by atoms with Gasteiger partial charge in [0.05, 0.1) is 22.9 Å². The summed E-state index contributed by atoms with van der Waals surface area (Å²) in [6, 6.07) is 7.02. The Labute approximate surface area is 79.1 Å². The summed E-state index contributed by atoms with van der Waals surface area (Å²) >= 11 is 1.94. The van der Waals surface area contributed by atoms with E-state index in [4.69, 9.17) is 10.0 Å². The molecule has 0 saturated carbocycles. The maximum absolute atomic E-state index is 8.85. The molecule has 0 heterocycles. The van der Waals surface area contributed by atoms with Gasteiger partial charge in [-0.15, -0.1) is 0 Å². The second-order valence-electron chi connectivity index (χ2n) is 2.06. The highest BCUT2D eigenvalue weighted by Gasteiger charge is 2.13. The van der Waals surface area contributed by atoms with Gasteiger partial charge < -0.3 is 13.6 Å². The maximum atomic E-state index is 8.85. The third-order valence-corrected chi connectivity index (χ3v) is 1.92. The first-order chi connectivity index (χ1) is 5.25. The first-order valence-electron chi connectivity index (χ1n) is 3.07. The standard InChI is InChI=1S/C6H7BINO2/c8-9-6-4-2-1-3-5(6)7(10)11/h1-4,9-11H. The fourth-order valence-electron chi connectivity index (χ4n) is 0.808. The number of rotatable bonds is 2. The molecular formula is C6H7BINO2. The Balaban J connectivity index is 3.02. The van der Waals surface area contributed by atoms with Crippen LogP contribution in [0.25, 0.3) is 0 Å². The van der Waals surface area contributed by atoms with Gasteiger partial charge in [0.25, 0.3) is 0 Å². The molecule has 1 rings (SSSR count). The van der Waals surface area contributed by atoms with E-state index in [-0.39, 0.29) is 0 Å². The Bertz CT molecular complexity index is 244. The molecule has 0 aliphatic heterocycles. The van der Waals surface area contributed by atoms with Crippen LogP contribution in [0.2, 0.25) is 0 Å². The molecule has 0 amide bonds. The Hall–Kier alpha value is -0.265. The fraction of sp³-hybridized carbons (Fsp3) is 0. The largest absolute Gasteiger partial charge is 0.490 e. The van der Waals surface area contributed by atoms with Crippen LogP contribution in [0.1, 0.15) is 0 Å². The van der Waals surface area contributed by atoms with E-state index in [1.807, 2.05) is 28.9 Å². The molecule has 1 aromatic rings. The minimum atomic E-state index is -1.41. The van der Waals surface area contributed by atoms with Crippen LogP contribution in [0.5, 0.6) is 0 Å². The summed E-state index contributed by atoms with van der Waals surface area (Å²) in [5.74, 6) is 0. The number of hydrogen-bond donors (Lipinski definition) is 3. The summed E-state index contributed by atoms with van der Waals surface area (Å²) in [5, 5.41) is 17.7. The fourth-order valence-corrected chi connectivity index (χ4v) is 1.30. The highest BCUT2D eigenvalue weighted by Crippen LogP contribution is 2.05. The second kappa shape index (κ2) is 3.94. The lowest BCUT2D eigenvalue weighted by Crippen LogP contribution is -2.31. The van der Waals surface area contributed by atoms with Crippen LogP contribution >= 0.6 is 22.9 Å². The van der Waals surface area contributed by atoms with Gasteiger partial charge in [-0.1, -0.05) is 18.2 Å². The molecule has 58 valence electrons. The van der Waals surface area contributed by atoms with Crippen molar-refractivity contribution >= 4 is 41.1 Å². The first-order valence-corrected chi connectivity index (χ1v) is 4.15. The predicted octanol–water partition coefficient (Wildman–Crippen LogP) is 0.128. The zero-order chi connectivity index (χ0) is 8.27. The summed E-state index contributed by atoms with van der Waals surface area (Å²) in [5.41, 5.74) is 1.21. The topological polar surface area (TPSA) is 52.5 Å². The number of para-hydroxylation sites is 1. The maximum Gasteiger partial charge on any atom is 0.490 e. The molecular weight excluding hydrogens is 256 g/mol. The number of nitrogens with one attached hydrogen (secondary N) is 1. The molecule has 11 heavy (non-hydrogen) atoms. The van der Waals surface area contributed by atoms with E-state index in [0.29, 0.717) is 5.46 Å². The Kier molecular flexibility index (Phi) is 3.16. The molecule has 0 spiro atoms. The molecule has 0 saturated heterocycles. The number of anilines is 1. The van der Waals surface area contributed by atoms with Crippen molar-refractivity contribution in [1.82, 2.24) is 0 Å². The van der Waals surface area contributed by atoms with Crippen LogP contribution < -0.4 is 8.99 Å². The smallest absolute Gasteiger partial charge is 0.423 e. The molecule has 0 aliphatic carbocycles. The SMILES string of the molecule is OB(O)c1ccccc1NI. The first kappa shape index (κ1) is 8.83. The zero-order valence-electron chi connectivity index (χ0n) is 5.66. The third kappa shape index (κ3) is 2.08. The quantitative estimate of drug-likeness (QED) is 0.404. The second-order valence-corrected chi connectivity index (χ2v) is 2.59. The molecule has 1 aromatic carbocycles. The van der Waals surface area contributed by atoms with Gasteiger partial charge in [-0.3, -0.25) is 0 Å². The van der Waals surface area contributed by atoms with Crippen molar-refractivity contribution in [1.29, 1.82) is 0 Å². The van der Waals surface area contributed by atoms with Crippen molar-refractivity contribution in [3.05, 3.63) is 24.3 Å². The van der Waals surface area contributed by atoms with E-state index in [9.17, 15) is 0 Å². The summed E-state index contributed by atoms with van der Waals surface area (Å²) in [4.78, 5) is 0. The molecule has 3 N–H and O–H groups in total. The molecule has 3 nitrogen and oxygen atoms in total. The minimum absolute atomic E-state index is 0.488. The van der Waals surface area contributed by atoms with Crippen molar-refractivity contribution in [3.63, 3.8) is 0 Å². The highest BCUT2D eigenvalue weighted by atomic mass is 127. The summed E-state index contributed by atoms with van der Waals surface area (Å²) in [6.45, 7) is 0. The normalized spacial score (nSPS) is 9.36. The average Bonchev–Trinajstić information content (AvgIpc) is 2.04. The van der Waals surface area contributed by atoms with Crippen molar-refractivity contribution in [2.45, 2.75) is 0 Å². The lowest BCUT2D eigenvalue weighted by molar-refractivity contribution is 0.426. The van der Waals surface area contributed by atoms with E-state index in [2.05, 4.69) is 3.53 Å². The van der Waals surface area contributed by atoms with Gasteiger partial charge in [-0.2, -0.15) is 0 Å². The van der Waals surface area contributed by atoms with Gasteiger partial charge in [0.1, 0.15) is 0 Å². The highest BCUT2D eigenvalue weighted by molar-refractivity contribution is 14.1. The van der Waals surface area contributed by atoms with Crippen molar-refractivity contribution < 1.29 is 10.0 Å². The van der Waals surface area contributed by atoms with Crippen molar-refractivity contribution in [3.8, 4) is 0 Å². The van der Waals surface area contributed by atoms with Gasteiger partial charge >= 0.3 is 7.12 Å². The van der Waals surface area contributed by atoms with Crippen LogP contribution in [0.4, 0.5) is 5.69 Å². The Morgan fingerprint density at radius 1 is 1.27 bits per heavy atom. The van der Waals surface area contributed by atoms with E-state index in [0.717, 1.165) is 5.69 Å². The number of benzene rings is 1. The number of hydrogen-bond acceptors (Lipinski definition) is 3. The Morgan fingerprint density at radius 2 is 1.91 bits per heavy atom. The molecule has 0 fully saturated rings. The van der Waals surface area contributed by atoms with Gasteiger partial charge in [0, 0.05) is 11.2 Å². The van der Waals surface area contributed by atoms with E-state index < -0.39 is 7.12 Å². The Morgan fingerprint density at radius 3 is 2.36 bits per heavy atom. The minimum Gasteiger partial charge on any atom is -0.423 e. The molecule has 0 aromatic heterocycles. The zero-order valence-corrected chi connectivity index (χ0v) is 7.82. The molecule has 0 aliphatic rings. The van der Waals surface area contributed by atoms with Crippen LogP contribution in [-0.2, 0) is 0 Å². The van der Waals surface area contributed by atoms with E-state index >= 15 is 0 Å². The average molecular weight is 263 g/mol. The lowest BCUT2D eigenvalue weighted by Gasteiger charge is -2.04. The van der Waals surface area contributed by atoms with Crippen molar-refractivity contribution in [2.24, 2.45) is 0 Å². The molecule has 0 bridgehead atoms. The van der Waals surface area contributed by atoms with Gasteiger partial charge in [0.2, 0.25) is 0 Å². The third-order valence-electron chi connectivity index (χ3n) is 1.34. The van der Waals surface area contributed by atoms with E-state index in [1.165, 1.54) is 0 Å². The summed E-state index contributed by atoms with van der Waals surface area (Å²) in [7, 11) is -1.41. The summed E-state index contributed by atoms with van der Waals surface area (Å²) in [6.07, 6.45) is 0. The van der Waals surface area contributed by atoms with Crippen molar-refractivity contribution in [2.75, 3.05) is 3.53 Å². The predicted molar refractivity (Wildman–Crippen MR) is 53.9 cm³/mol. The van der Waals surface area contributed by atoms with Gasteiger partial charge in [-0.05, 0) is 6.07 Å². The van der Waals surface area contributed by atoms with Crippen LogP contribution in [0.15, 0.2) is 24.3 Å². The van der Waals surface area contributed by atoms with E-state index in [1.54, 1.807) is 18.2 Å². The van der Waals surface area contributed by atoms with Crippen LogP contribution in [0.3, 0.4) is 0 Å². The molecule has 0 unspecified atom stereocenters. The molecule has 0 radical (unpaired) electrons. The number of halogens is 1. The van der Waals surface area contributed by atoms with Crippen LogP contribution in [0, 0.1) is 0 Å². The lowest BCUT2D eigenvalue weighted by atomic mass is 9.79. The molecule has 5 heteroatoms. The van der Waals surface area contributed by atoms with Crippen LogP contribution in [-0.4, -0.2) is 17.2 Å². The summed E-state index contributed by atoms with van der Waals surface area (Å²) < 4.78 is 2.83. The van der Waals surface area contributed by atoms with Gasteiger partial charge in [-0.25, -0.2) is 0 Å².